The Morgan fingerprint density at radius 2 is 1.83 bits per heavy atom. The summed E-state index contributed by atoms with van der Waals surface area (Å²) in [7, 11) is 0. The Morgan fingerprint density at radius 3 is 2.61 bits per heavy atom. The molecule has 2 aliphatic rings. The predicted octanol–water partition coefficient (Wildman–Crippen LogP) is 5.25. The van der Waals surface area contributed by atoms with Gasteiger partial charge in [-0.2, -0.15) is 0 Å². The van der Waals surface area contributed by atoms with Crippen molar-refractivity contribution in [1.82, 2.24) is 15.1 Å². The number of thiophene rings is 1. The van der Waals surface area contributed by atoms with Gasteiger partial charge in [0.25, 0.3) is 5.91 Å². The highest BCUT2D eigenvalue weighted by Gasteiger charge is 2.44. The first-order valence-corrected chi connectivity index (χ1v) is 13.9. The van der Waals surface area contributed by atoms with Crippen LogP contribution in [0.15, 0.2) is 66.0 Å². The average Bonchev–Trinajstić information content (AvgIpc) is 3.42. The molecule has 3 heterocycles. The van der Waals surface area contributed by atoms with E-state index in [0.29, 0.717) is 24.6 Å². The van der Waals surface area contributed by atoms with Crippen LogP contribution in [0.4, 0.5) is 0 Å². The molecule has 3 aromatic rings. The van der Waals surface area contributed by atoms with E-state index >= 15 is 0 Å². The Hall–Kier alpha value is -2.96. The minimum atomic E-state index is -0.418. The van der Waals surface area contributed by atoms with Gasteiger partial charge in [-0.05, 0) is 53.0 Å². The zero-order valence-electron chi connectivity index (χ0n) is 21.2. The first kappa shape index (κ1) is 24.7. The third-order valence-corrected chi connectivity index (χ3v) is 8.22. The molecule has 0 radical (unpaired) electrons. The van der Waals surface area contributed by atoms with Crippen molar-refractivity contribution in [2.45, 2.75) is 45.2 Å². The minimum absolute atomic E-state index is 0.00564. The zero-order chi connectivity index (χ0) is 25.1. The van der Waals surface area contributed by atoms with Crippen molar-refractivity contribution in [3.63, 3.8) is 0 Å². The lowest BCUT2D eigenvalue weighted by Crippen LogP contribution is -2.48. The Labute approximate surface area is 218 Å². The third kappa shape index (κ3) is 5.11. The quantitative estimate of drug-likeness (QED) is 0.429. The average molecular weight is 502 g/mol. The molecule has 2 aromatic carbocycles. The summed E-state index contributed by atoms with van der Waals surface area (Å²) in [4.78, 5) is 32.8. The van der Waals surface area contributed by atoms with Crippen LogP contribution in [0.1, 0.15) is 64.2 Å². The van der Waals surface area contributed by atoms with Crippen molar-refractivity contribution in [3.8, 4) is 0 Å². The number of carbonyl (C=O) groups is 2. The fourth-order valence-corrected chi connectivity index (χ4v) is 6.49. The first-order valence-electron chi connectivity index (χ1n) is 13.0. The molecule has 0 saturated heterocycles. The van der Waals surface area contributed by atoms with Crippen LogP contribution in [0.5, 0.6) is 0 Å². The Bertz CT molecular complexity index is 1210. The van der Waals surface area contributed by atoms with Gasteiger partial charge in [0.2, 0.25) is 5.91 Å². The van der Waals surface area contributed by atoms with Crippen LogP contribution < -0.4 is 5.32 Å². The Balaban J connectivity index is 1.30. The SMILES string of the molecule is CC(C)CN1C(=O)c2ccccc2[C@H](C(=O)NCCCN2CCc3ccccc3C2)[C@H]1c1cccs1. The highest BCUT2D eigenvalue weighted by atomic mass is 32.1. The Morgan fingerprint density at radius 1 is 1.06 bits per heavy atom. The van der Waals surface area contributed by atoms with E-state index < -0.39 is 5.92 Å². The second kappa shape index (κ2) is 11.0. The van der Waals surface area contributed by atoms with Gasteiger partial charge in [0, 0.05) is 43.2 Å². The summed E-state index contributed by atoms with van der Waals surface area (Å²) in [6.45, 7) is 8.49. The third-order valence-electron chi connectivity index (χ3n) is 7.28. The van der Waals surface area contributed by atoms with Crippen molar-refractivity contribution in [1.29, 1.82) is 0 Å². The van der Waals surface area contributed by atoms with E-state index in [1.807, 2.05) is 40.6 Å². The van der Waals surface area contributed by atoms with Gasteiger partial charge in [0.15, 0.2) is 0 Å². The molecule has 0 bridgehead atoms. The van der Waals surface area contributed by atoms with Gasteiger partial charge < -0.3 is 10.2 Å². The van der Waals surface area contributed by atoms with E-state index in [2.05, 4.69) is 54.4 Å². The van der Waals surface area contributed by atoms with Crippen LogP contribution >= 0.6 is 11.3 Å². The molecule has 1 N–H and O–H groups in total. The van der Waals surface area contributed by atoms with Crippen LogP contribution in [0.2, 0.25) is 0 Å². The molecular formula is C30H35N3O2S. The maximum Gasteiger partial charge on any atom is 0.254 e. The van der Waals surface area contributed by atoms with Crippen molar-refractivity contribution >= 4 is 23.2 Å². The minimum Gasteiger partial charge on any atom is -0.355 e. The summed E-state index contributed by atoms with van der Waals surface area (Å²) in [5.74, 6) is -0.0866. The Kier molecular flexibility index (Phi) is 7.54. The topological polar surface area (TPSA) is 52.7 Å². The molecule has 6 heteroatoms. The fraction of sp³-hybridized carbons (Fsp3) is 0.400. The molecule has 188 valence electrons. The molecule has 5 rings (SSSR count). The van der Waals surface area contributed by atoms with E-state index in [9.17, 15) is 9.59 Å². The van der Waals surface area contributed by atoms with Crippen molar-refractivity contribution in [2.24, 2.45) is 5.92 Å². The van der Waals surface area contributed by atoms with Gasteiger partial charge in [0.1, 0.15) is 0 Å². The lowest BCUT2D eigenvalue weighted by Gasteiger charge is -2.42. The van der Waals surface area contributed by atoms with Gasteiger partial charge >= 0.3 is 0 Å². The lowest BCUT2D eigenvalue weighted by atomic mass is 9.81. The summed E-state index contributed by atoms with van der Waals surface area (Å²) in [6.07, 6.45) is 1.99. The summed E-state index contributed by atoms with van der Waals surface area (Å²) in [6, 6.07) is 20.1. The molecular weight excluding hydrogens is 466 g/mol. The van der Waals surface area contributed by atoms with Gasteiger partial charge in [0.05, 0.1) is 12.0 Å². The molecule has 0 aliphatic carbocycles. The maximum absolute atomic E-state index is 13.8. The number of hydrogen-bond donors (Lipinski definition) is 1. The standard InChI is InChI=1S/C30H35N3O2S/c1-21(2)19-33-28(26-13-7-18-36-26)27(24-11-5-6-12-25(24)30(33)35)29(34)31-15-8-16-32-17-14-22-9-3-4-10-23(22)20-32/h3-7,9-13,18,21,27-28H,8,14-17,19-20H2,1-2H3,(H,31,34)/t27-,28+/m0/s1. The van der Waals surface area contributed by atoms with Crippen molar-refractivity contribution in [2.75, 3.05) is 26.2 Å². The monoisotopic (exact) mass is 501 g/mol. The summed E-state index contributed by atoms with van der Waals surface area (Å²) in [5, 5.41) is 5.26. The fourth-order valence-electron chi connectivity index (χ4n) is 5.62. The van der Waals surface area contributed by atoms with Gasteiger partial charge in [-0.3, -0.25) is 14.5 Å². The molecule has 1 aromatic heterocycles. The molecule has 2 aliphatic heterocycles. The van der Waals surface area contributed by atoms with Crippen molar-refractivity contribution < 1.29 is 9.59 Å². The number of hydrogen-bond acceptors (Lipinski definition) is 4. The normalized spacial score (nSPS) is 19.8. The first-order chi connectivity index (χ1) is 17.5. The molecule has 0 unspecified atom stereocenters. The van der Waals surface area contributed by atoms with Crippen LogP contribution in [-0.2, 0) is 17.8 Å². The second-order valence-electron chi connectivity index (χ2n) is 10.3. The molecule has 0 fully saturated rings. The largest absolute Gasteiger partial charge is 0.355 e. The number of rotatable bonds is 8. The molecule has 2 atom stereocenters. The number of nitrogens with zero attached hydrogens (tertiary/aromatic N) is 2. The van der Waals surface area contributed by atoms with Crippen molar-refractivity contribution in [3.05, 3.63) is 93.2 Å². The highest BCUT2D eigenvalue weighted by Crippen LogP contribution is 2.44. The maximum atomic E-state index is 13.8. The number of nitrogens with one attached hydrogen (secondary N) is 1. The van der Waals surface area contributed by atoms with E-state index in [1.165, 1.54) is 11.1 Å². The molecule has 5 nitrogen and oxygen atoms in total. The second-order valence-corrected chi connectivity index (χ2v) is 11.3. The lowest BCUT2D eigenvalue weighted by molar-refractivity contribution is -0.124. The molecule has 0 spiro atoms. The van der Waals surface area contributed by atoms with E-state index in [4.69, 9.17) is 0 Å². The van der Waals surface area contributed by atoms with Gasteiger partial charge in [-0.1, -0.05) is 62.4 Å². The molecule has 2 amide bonds. The van der Waals surface area contributed by atoms with Crippen LogP contribution in [0.3, 0.4) is 0 Å². The molecule has 0 saturated carbocycles. The van der Waals surface area contributed by atoms with Gasteiger partial charge in [-0.25, -0.2) is 0 Å². The van der Waals surface area contributed by atoms with Gasteiger partial charge in [-0.15, -0.1) is 11.3 Å². The van der Waals surface area contributed by atoms with Crippen LogP contribution in [0.25, 0.3) is 0 Å². The number of fused-ring (bicyclic) bond motifs is 2. The zero-order valence-corrected chi connectivity index (χ0v) is 22.0. The van der Waals surface area contributed by atoms with Crippen LogP contribution in [0, 0.1) is 5.92 Å². The van der Waals surface area contributed by atoms with E-state index in [0.717, 1.165) is 42.9 Å². The summed E-state index contributed by atoms with van der Waals surface area (Å²) >= 11 is 1.62. The number of amides is 2. The molecule has 36 heavy (non-hydrogen) atoms. The highest BCUT2D eigenvalue weighted by molar-refractivity contribution is 7.10. The smallest absolute Gasteiger partial charge is 0.254 e. The van der Waals surface area contributed by atoms with Crippen LogP contribution in [-0.4, -0.2) is 47.8 Å². The van der Waals surface area contributed by atoms with E-state index in [-0.39, 0.29) is 17.9 Å². The number of benzene rings is 2. The summed E-state index contributed by atoms with van der Waals surface area (Å²) in [5.41, 5.74) is 4.36. The summed E-state index contributed by atoms with van der Waals surface area (Å²) < 4.78 is 0. The predicted molar refractivity (Wildman–Crippen MR) is 145 cm³/mol. The number of carbonyl (C=O) groups excluding carboxylic acids is 2. The van der Waals surface area contributed by atoms with E-state index in [1.54, 1.807) is 11.3 Å².